The number of nitrogens with zero attached hydrogens (tertiary/aromatic N) is 2. The van der Waals surface area contributed by atoms with Gasteiger partial charge in [-0.1, -0.05) is 25.0 Å². The molecule has 6 bridgehead atoms. The van der Waals surface area contributed by atoms with Crippen molar-refractivity contribution >= 4 is 22.1 Å². The first-order valence-electron chi connectivity index (χ1n) is 11.1. The zero-order chi connectivity index (χ0) is 20.2. The third-order valence-corrected chi connectivity index (χ3v) is 5.82. The average molecular weight is 408 g/mol. The van der Waals surface area contributed by atoms with Crippen LogP contribution in [0.5, 0.6) is 11.5 Å². The van der Waals surface area contributed by atoms with Crippen molar-refractivity contribution in [1.29, 1.82) is 0 Å². The molecule has 0 radical (unpaired) electrons. The first-order chi connectivity index (χ1) is 14.9. The van der Waals surface area contributed by atoms with Crippen LogP contribution in [0.3, 0.4) is 0 Å². The molecule has 6 heteroatoms. The smallest absolute Gasteiger partial charge is 0.147 e. The monoisotopic (exact) mass is 408 g/mol. The maximum Gasteiger partial charge on any atom is 0.147 e. The molecular formula is C24H28N2O4. The molecule has 3 aromatic rings. The van der Waals surface area contributed by atoms with Gasteiger partial charge in [-0.15, -0.1) is 0 Å². The molecular weight excluding hydrogens is 380 g/mol. The van der Waals surface area contributed by atoms with E-state index in [9.17, 15) is 0 Å². The van der Waals surface area contributed by atoms with Gasteiger partial charge < -0.3 is 18.9 Å². The fraction of sp³-hybridized carbons (Fsp3) is 0.500. The highest BCUT2D eigenvalue weighted by Crippen LogP contribution is 2.29. The summed E-state index contributed by atoms with van der Waals surface area (Å²) in [4.78, 5) is 9.65. The van der Waals surface area contributed by atoms with Crippen LogP contribution in [0.4, 0.5) is 0 Å². The van der Waals surface area contributed by atoms with E-state index in [0.717, 1.165) is 59.2 Å². The summed E-state index contributed by atoms with van der Waals surface area (Å²) in [5.41, 5.74) is 3.18. The Labute approximate surface area is 176 Å². The van der Waals surface area contributed by atoms with Gasteiger partial charge in [0.05, 0.1) is 49.7 Å². The Morgan fingerprint density at radius 1 is 0.600 bits per heavy atom. The van der Waals surface area contributed by atoms with E-state index >= 15 is 0 Å². The van der Waals surface area contributed by atoms with E-state index in [4.69, 9.17) is 28.9 Å². The Hall–Kier alpha value is -2.44. The molecule has 158 valence electrons. The van der Waals surface area contributed by atoms with Gasteiger partial charge in [0.1, 0.15) is 22.5 Å². The minimum atomic E-state index is 0.188. The molecule has 0 saturated heterocycles. The third-order valence-electron chi connectivity index (χ3n) is 5.82. The van der Waals surface area contributed by atoms with Gasteiger partial charge in [0.2, 0.25) is 0 Å². The second kappa shape index (κ2) is 9.14. The molecule has 6 nitrogen and oxygen atoms in total. The van der Waals surface area contributed by atoms with Crippen molar-refractivity contribution in [3.05, 3.63) is 36.4 Å². The van der Waals surface area contributed by atoms with Crippen molar-refractivity contribution < 1.29 is 18.9 Å². The molecule has 2 aromatic carbocycles. The van der Waals surface area contributed by atoms with Crippen LogP contribution in [0.25, 0.3) is 22.1 Å². The van der Waals surface area contributed by atoms with Crippen molar-refractivity contribution in [2.75, 3.05) is 26.4 Å². The lowest BCUT2D eigenvalue weighted by Crippen LogP contribution is -2.35. The van der Waals surface area contributed by atoms with Crippen LogP contribution in [0, 0.1) is 0 Å². The molecule has 3 heterocycles. The van der Waals surface area contributed by atoms with E-state index < -0.39 is 0 Å². The number of aromatic nitrogens is 2. The highest BCUT2D eigenvalue weighted by Gasteiger charge is 2.26. The maximum absolute atomic E-state index is 6.17. The molecule has 0 amide bonds. The van der Waals surface area contributed by atoms with Gasteiger partial charge >= 0.3 is 0 Å². The number of hydrogen-bond donors (Lipinski definition) is 0. The van der Waals surface area contributed by atoms with Crippen LogP contribution in [0.1, 0.15) is 38.5 Å². The Balaban J connectivity index is 1.43. The highest BCUT2D eigenvalue weighted by atomic mass is 16.5. The molecule has 0 N–H and O–H groups in total. The van der Waals surface area contributed by atoms with Crippen molar-refractivity contribution in [1.82, 2.24) is 9.97 Å². The summed E-state index contributed by atoms with van der Waals surface area (Å²) in [5.74, 6) is 1.52. The summed E-state index contributed by atoms with van der Waals surface area (Å²) in [6.07, 6.45) is 6.61. The van der Waals surface area contributed by atoms with Crippen LogP contribution in [0.2, 0.25) is 0 Å². The topological polar surface area (TPSA) is 62.7 Å². The van der Waals surface area contributed by atoms with Crippen molar-refractivity contribution in [3.63, 3.8) is 0 Å². The van der Waals surface area contributed by atoms with Crippen LogP contribution in [0.15, 0.2) is 36.4 Å². The van der Waals surface area contributed by atoms with Gasteiger partial charge in [-0.05, 0) is 37.1 Å². The van der Waals surface area contributed by atoms with Crippen LogP contribution in [-0.4, -0.2) is 48.6 Å². The number of hydrogen-bond acceptors (Lipinski definition) is 6. The molecule has 0 spiro atoms. The number of para-hydroxylation sites is 2. The number of benzene rings is 2. The molecule has 30 heavy (non-hydrogen) atoms. The Kier molecular flexibility index (Phi) is 5.95. The van der Waals surface area contributed by atoms with Gasteiger partial charge in [0.25, 0.3) is 0 Å². The second-order valence-electron chi connectivity index (χ2n) is 7.98. The van der Waals surface area contributed by atoms with E-state index in [0.29, 0.717) is 26.4 Å². The van der Waals surface area contributed by atoms with Gasteiger partial charge in [-0.2, -0.15) is 0 Å². The van der Waals surface area contributed by atoms with Crippen LogP contribution < -0.4 is 9.47 Å². The van der Waals surface area contributed by atoms with Gasteiger partial charge in [0, 0.05) is 12.8 Å². The lowest BCUT2D eigenvalue weighted by atomic mass is 9.94. The summed E-state index contributed by atoms with van der Waals surface area (Å²) in [6, 6.07) is 11.7. The predicted octanol–water partition coefficient (Wildman–Crippen LogP) is 4.68. The molecule has 2 atom stereocenters. The van der Waals surface area contributed by atoms with E-state index in [-0.39, 0.29) is 12.2 Å². The van der Waals surface area contributed by atoms with Gasteiger partial charge in [0.15, 0.2) is 0 Å². The van der Waals surface area contributed by atoms with E-state index in [1.165, 1.54) is 12.8 Å². The van der Waals surface area contributed by atoms with E-state index in [2.05, 4.69) is 0 Å². The molecule has 6 rings (SSSR count). The SMILES string of the molecule is c1cc2c3nc4cccc(c4nc3c1)OCCCOC1CCCCC1OCCCO2. The third kappa shape index (κ3) is 4.20. The summed E-state index contributed by atoms with van der Waals surface area (Å²) >= 11 is 0. The first-order valence-corrected chi connectivity index (χ1v) is 11.1. The van der Waals surface area contributed by atoms with Crippen molar-refractivity contribution in [3.8, 4) is 11.5 Å². The summed E-state index contributed by atoms with van der Waals surface area (Å²) in [6.45, 7) is 2.52. The van der Waals surface area contributed by atoms with E-state index in [1.807, 2.05) is 36.4 Å². The fourth-order valence-corrected chi connectivity index (χ4v) is 4.30. The zero-order valence-electron chi connectivity index (χ0n) is 17.2. The van der Waals surface area contributed by atoms with E-state index in [1.54, 1.807) is 0 Å². The lowest BCUT2D eigenvalue weighted by molar-refractivity contribution is -0.0948. The standard InChI is InChI=1S/C24H28N2O4/c1-2-10-20-19(9-1)27-13-5-15-29-21-11-3-7-17-23(21)25-18-8-4-12-22(24(18)26-17)30-16-6-14-28-20/h3-4,7-8,11-12,19-20H,1-2,5-6,9-10,13-16H2. The largest absolute Gasteiger partial charge is 0.491 e. The summed E-state index contributed by atoms with van der Waals surface area (Å²) in [5, 5.41) is 0. The zero-order valence-corrected chi connectivity index (χ0v) is 17.2. The molecule has 1 aromatic heterocycles. The Bertz CT molecular complexity index is 928. The van der Waals surface area contributed by atoms with Crippen LogP contribution >= 0.6 is 0 Å². The predicted molar refractivity (Wildman–Crippen MR) is 115 cm³/mol. The molecule has 2 aliphatic heterocycles. The maximum atomic E-state index is 6.17. The molecule has 1 aliphatic carbocycles. The average Bonchev–Trinajstić information content (AvgIpc) is 2.78. The number of fused-ring (bicyclic) bond motifs is 8. The van der Waals surface area contributed by atoms with Crippen molar-refractivity contribution in [2.24, 2.45) is 0 Å². The first kappa shape index (κ1) is 19.5. The second-order valence-corrected chi connectivity index (χ2v) is 7.98. The Morgan fingerprint density at radius 2 is 1.10 bits per heavy atom. The minimum absolute atomic E-state index is 0.188. The highest BCUT2D eigenvalue weighted by molar-refractivity contribution is 5.92. The molecule has 1 fully saturated rings. The number of ether oxygens (including phenoxy) is 4. The molecule has 1 saturated carbocycles. The number of rotatable bonds is 0. The van der Waals surface area contributed by atoms with Gasteiger partial charge in [-0.25, -0.2) is 9.97 Å². The Morgan fingerprint density at radius 3 is 1.60 bits per heavy atom. The van der Waals surface area contributed by atoms with Crippen LogP contribution in [-0.2, 0) is 9.47 Å². The summed E-state index contributed by atoms with van der Waals surface area (Å²) in [7, 11) is 0. The van der Waals surface area contributed by atoms with Gasteiger partial charge in [-0.3, -0.25) is 0 Å². The molecule has 3 aliphatic rings. The fourth-order valence-electron chi connectivity index (χ4n) is 4.30. The molecule has 2 unspecified atom stereocenters. The lowest BCUT2D eigenvalue weighted by Gasteiger charge is -2.31. The quantitative estimate of drug-likeness (QED) is 0.504. The normalized spacial score (nSPS) is 23.6. The minimum Gasteiger partial charge on any atom is -0.491 e. The van der Waals surface area contributed by atoms with Crippen molar-refractivity contribution in [2.45, 2.75) is 50.7 Å². The summed E-state index contributed by atoms with van der Waals surface area (Å²) < 4.78 is 24.4.